The van der Waals surface area contributed by atoms with Crippen LogP contribution in [0.25, 0.3) is 0 Å². The zero-order chi connectivity index (χ0) is 17.9. The highest BCUT2D eigenvalue weighted by Crippen LogP contribution is 2.39. The summed E-state index contributed by atoms with van der Waals surface area (Å²) in [4.78, 5) is 13.3. The summed E-state index contributed by atoms with van der Waals surface area (Å²) in [5, 5.41) is 8.39. The third-order valence-corrected chi connectivity index (χ3v) is 6.36. The van der Waals surface area contributed by atoms with Crippen LogP contribution in [-0.2, 0) is 4.79 Å². The lowest BCUT2D eigenvalue weighted by Crippen LogP contribution is -2.29. The maximum atomic E-state index is 11.9. The maximum Gasteiger partial charge on any atom is 0.138 e. The van der Waals surface area contributed by atoms with Gasteiger partial charge in [0, 0.05) is 23.3 Å². The highest BCUT2D eigenvalue weighted by molar-refractivity contribution is 8.16. The number of fused-ring (bicyclic) bond motifs is 1. The molecule has 4 heteroatoms. The fourth-order valence-corrected chi connectivity index (χ4v) is 4.62. The number of anilines is 1. The van der Waals surface area contributed by atoms with Crippen molar-refractivity contribution in [3.05, 3.63) is 23.3 Å². The van der Waals surface area contributed by atoms with Crippen LogP contribution in [-0.4, -0.2) is 23.7 Å². The summed E-state index contributed by atoms with van der Waals surface area (Å²) in [6, 6.07) is 4.53. The number of rotatable bonds is 6. The van der Waals surface area contributed by atoms with Crippen LogP contribution < -0.4 is 10.6 Å². The van der Waals surface area contributed by atoms with Gasteiger partial charge in [-0.05, 0) is 50.1 Å². The van der Waals surface area contributed by atoms with Crippen molar-refractivity contribution < 1.29 is 4.79 Å². The van der Waals surface area contributed by atoms with Gasteiger partial charge in [-0.2, -0.15) is 0 Å². The summed E-state index contributed by atoms with van der Waals surface area (Å²) in [7, 11) is 0.108. The Hall–Kier alpha value is -1.13. The molecule has 1 atom stereocenters. The summed E-state index contributed by atoms with van der Waals surface area (Å²) in [6.45, 7) is 11.3. The number of ketones is 1. The SMILES string of the molecule is Cc1cc(C)c2c(c1)S(C)=C(NCCCCCC(=O)C(C)(C)C)N2. The molecule has 0 aliphatic carbocycles. The van der Waals surface area contributed by atoms with Gasteiger partial charge in [-0.1, -0.05) is 33.3 Å². The average molecular weight is 349 g/mol. The van der Waals surface area contributed by atoms with E-state index in [9.17, 15) is 4.79 Å². The molecule has 0 radical (unpaired) electrons. The molecular formula is C20H32N2OS. The Labute approximate surface area is 149 Å². The first-order valence-corrected chi connectivity index (χ1v) is 10.5. The molecule has 0 spiro atoms. The van der Waals surface area contributed by atoms with E-state index in [2.05, 4.69) is 42.9 Å². The smallest absolute Gasteiger partial charge is 0.138 e. The first kappa shape index (κ1) is 19.2. The summed E-state index contributed by atoms with van der Waals surface area (Å²) < 4.78 is 0. The number of hydrogen-bond donors (Lipinski definition) is 2. The van der Waals surface area contributed by atoms with Crippen LogP contribution in [0.4, 0.5) is 5.69 Å². The van der Waals surface area contributed by atoms with E-state index in [1.807, 2.05) is 20.8 Å². The van der Waals surface area contributed by atoms with E-state index in [1.54, 1.807) is 0 Å². The normalized spacial score (nSPS) is 16.9. The molecule has 1 aliphatic heterocycles. The van der Waals surface area contributed by atoms with Crippen LogP contribution in [0.1, 0.15) is 57.6 Å². The van der Waals surface area contributed by atoms with Crippen molar-refractivity contribution in [1.29, 1.82) is 0 Å². The van der Waals surface area contributed by atoms with E-state index in [0.29, 0.717) is 12.2 Å². The molecule has 0 fully saturated rings. The minimum Gasteiger partial charge on any atom is -0.340 e. The van der Waals surface area contributed by atoms with Crippen LogP contribution in [0, 0.1) is 19.3 Å². The van der Waals surface area contributed by atoms with Gasteiger partial charge in [-0.25, -0.2) is 0 Å². The number of carbonyl (C=O) groups is 1. The molecule has 0 saturated heterocycles. The van der Waals surface area contributed by atoms with Crippen LogP contribution in [0.3, 0.4) is 0 Å². The van der Waals surface area contributed by atoms with E-state index < -0.39 is 0 Å². The fourth-order valence-electron chi connectivity index (χ4n) is 2.95. The maximum absolute atomic E-state index is 11.9. The summed E-state index contributed by atoms with van der Waals surface area (Å²) in [6.07, 6.45) is 6.19. The molecule has 1 heterocycles. The zero-order valence-electron chi connectivity index (χ0n) is 16.0. The molecule has 1 unspecified atom stereocenters. The van der Waals surface area contributed by atoms with Crippen molar-refractivity contribution >= 4 is 27.1 Å². The summed E-state index contributed by atoms with van der Waals surface area (Å²) in [5.74, 6) is 0.374. The number of aryl methyl sites for hydroxylation is 2. The Morgan fingerprint density at radius 2 is 1.88 bits per heavy atom. The number of nitrogens with one attached hydrogen (secondary N) is 2. The third kappa shape index (κ3) is 4.70. The van der Waals surface area contributed by atoms with Gasteiger partial charge in [0.25, 0.3) is 0 Å². The quantitative estimate of drug-likeness (QED) is 0.571. The Bertz CT molecular complexity index is 656. The van der Waals surface area contributed by atoms with Gasteiger partial charge >= 0.3 is 0 Å². The lowest BCUT2D eigenvalue weighted by Gasteiger charge is -2.16. The third-order valence-electron chi connectivity index (χ3n) is 4.52. The second-order valence-corrected chi connectivity index (χ2v) is 9.70. The Balaban J connectivity index is 1.76. The predicted molar refractivity (Wildman–Crippen MR) is 107 cm³/mol. The second-order valence-electron chi connectivity index (χ2n) is 7.83. The van der Waals surface area contributed by atoms with Crippen molar-refractivity contribution in [3.8, 4) is 0 Å². The average Bonchev–Trinajstić information content (AvgIpc) is 2.79. The Morgan fingerprint density at radius 3 is 2.54 bits per heavy atom. The molecule has 3 nitrogen and oxygen atoms in total. The molecule has 1 aliphatic rings. The molecule has 1 aromatic rings. The van der Waals surface area contributed by atoms with Crippen LogP contribution in [0.2, 0.25) is 0 Å². The van der Waals surface area contributed by atoms with Crippen LogP contribution in [0.15, 0.2) is 17.0 Å². The van der Waals surface area contributed by atoms with Gasteiger partial charge in [0.05, 0.1) is 5.69 Å². The van der Waals surface area contributed by atoms with Gasteiger partial charge in [-0.3, -0.25) is 10.1 Å². The Kier molecular flexibility index (Phi) is 6.27. The highest BCUT2D eigenvalue weighted by atomic mass is 32.2. The van der Waals surface area contributed by atoms with Gasteiger partial charge in [-0.15, -0.1) is 10.5 Å². The van der Waals surface area contributed by atoms with Crippen molar-refractivity contribution in [1.82, 2.24) is 5.32 Å². The van der Waals surface area contributed by atoms with Crippen LogP contribution in [0.5, 0.6) is 0 Å². The van der Waals surface area contributed by atoms with E-state index in [-0.39, 0.29) is 15.9 Å². The molecule has 2 N–H and O–H groups in total. The van der Waals surface area contributed by atoms with Crippen molar-refractivity contribution in [2.45, 2.75) is 65.2 Å². The first-order valence-electron chi connectivity index (χ1n) is 8.88. The minimum atomic E-state index is -0.194. The molecule has 2 rings (SSSR count). The minimum absolute atomic E-state index is 0.108. The van der Waals surface area contributed by atoms with Gasteiger partial charge in [0.2, 0.25) is 0 Å². The standard InChI is InChI=1S/C20H32N2OS/c1-14-12-15(2)18-16(13-14)24(6)19(22-18)21-11-9-7-8-10-17(23)20(3,4)5/h12-13,21-22H,7-11H2,1-6H3. The largest absolute Gasteiger partial charge is 0.340 e. The van der Waals surface area contributed by atoms with Gasteiger partial charge in [0.1, 0.15) is 10.9 Å². The van der Waals surface area contributed by atoms with E-state index in [1.165, 1.54) is 26.8 Å². The van der Waals surface area contributed by atoms with Crippen molar-refractivity contribution in [2.75, 3.05) is 18.1 Å². The number of unbranched alkanes of at least 4 members (excludes halogenated alkanes) is 2. The first-order chi connectivity index (χ1) is 11.2. The second kappa shape index (κ2) is 7.83. The summed E-state index contributed by atoms with van der Waals surface area (Å²) >= 11 is 0. The van der Waals surface area contributed by atoms with Gasteiger partial charge < -0.3 is 5.32 Å². The molecule has 24 heavy (non-hydrogen) atoms. The van der Waals surface area contributed by atoms with Crippen molar-refractivity contribution in [2.24, 2.45) is 5.41 Å². The number of benzene rings is 1. The molecule has 0 amide bonds. The lowest BCUT2D eigenvalue weighted by molar-refractivity contribution is -0.126. The topological polar surface area (TPSA) is 41.1 Å². The summed E-state index contributed by atoms with van der Waals surface area (Å²) in [5.41, 5.74) is 3.74. The van der Waals surface area contributed by atoms with E-state index >= 15 is 0 Å². The monoisotopic (exact) mass is 348 g/mol. The molecule has 0 bridgehead atoms. The van der Waals surface area contributed by atoms with Crippen LogP contribution >= 0.6 is 10.5 Å². The Morgan fingerprint density at radius 1 is 1.17 bits per heavy atom. The predicted octanol–water partition coefficient (Wildman–Crippen LogP) is 4.84. The lowest BCUT2D eigenvalue weighted by atomic mass is 9.88. The molecule has 0 aromatic heterocycles. The highest BCUT2D eigenvalue weighted by Gasteiger charge is 2.20. The number of hydrogen-bond acceptors (Lipinski definition) is 3. The number of Topliss-reactive ketones (excluding diaryl/α,β-unsaturated/α-hetero) is 1. The number of carbonyl (C=O) groups excluding carboxylic acids is 1. The van der Waals surface area contributed by atoms with Crippen molar-refractivity contribution in [3.63, 3.8) is 0 Å². The fraction of sp³-hybridized carbons (Fsp3) is 0.600. The molecule has 134 valence electrons. The van der Waals surface area contributed by atoms with Gasteiger partial charge in [0.15, 0.2) is 0 Å². The molecular weight excluding hydrogens is 316 g/mol. The van der Waals surface area contributed by atoms with E-state index in [4.69, 9.17) is 0 Å². The zero-order valence-corrected chi connectivity index (χ0v) is 16.8. The molecule has 1 aromatic carbocycles. The van der Waals surface area contributed by atoms with E-state index in [0.717, 1.165) is 25.8 Å². The molecule has 0 saturated carbocycles.